The lowest BCUT2D eigenvalue weighted by atomic mass is 9.91. The van der Waals surface area contributed by atoms with Gasteiger partial charge in [0.1, 0.15) is 5.75 Å². The number of ether oxygens (including phenoxy) is 2. The highest BCUT2D eigenvalue weighted by atomic mass is 19.4. The standard InChI is InChI=1S/C30H26F7N3O5/c1-16-17(14-40(28(43)30(35,36)37)20-3-4-21-19(11-25(41)42)15-45-24(21)12-20)2-5-22(29(32,33)34)26(16)18-10-23(31)27(38-13-18)39-6-8-44-9-7-39/h2-5,10,12-13,19H,6-9,11,14-15H2,1H3,(H,41,42)/t19-/m1/s1. The molecular formula is C30H26F7N3O5. The van der Waals surface area contributed by atoms with Gasteiger partial charge in [-0.05, 0) is 41.8 Å². The van der Waals surface area contributed by atoms with Crippen LogP contribution in [0.2, 0.25) is 0 Å². The van der Waals surface area contributed by atoms with Crippen molar-refractivity contribution in [2.24, 2.45) is 0 Å². The molecule has 2 aliphatic rings. The number of anilines is 2. The molecule has 0 bridgehead atoms. The van der Waals surface area contributed by atoms with Crippen molar-refractivity contribution in [3.05, 3.63) is 70.7 Å². The van der Waals surface area contributed by atoms with Gasteiger partial charge in [0, 0.05) is 48.1 Å². The molecule has 2 aromatic carbocycles. The van der Waals surface area contributed by atoms with Crippen molar-refractivity contribution in [3.8, 4) is 16.9 Å². The minimum atomic E-state index is -5.35. The smallest absolute Gasteiger partial charge is 0.471 e. The van der Waals surface area contributed by atoms with Gasteiger partial charge in [-0.15, -0.1) is 0 Å². The number of pyridine rings is 1. The maximum atomic E-state index is 15.2. The molecular weight excluding hydrogens is 615 g/mol. The van der Waals surface area contributed by atoms with Crippen molar-refractivity contribution < 1.29 is 54.9 Å². The van der Waals surface area contributed by atoms with Gasteiger partial charge in [0.05, 0.1) is 38.3 Å². The average Bonchev–Trinajstić information content (AvgIpc) is 3.36. The summed E-state index contributed by atoms with van der Waals surface area (Å²) in [6, 6.07) is 6.24. The Bertz CT molecular complexity index is 1620. The second kappa shape index (κ2) is 12.2. The highest BCUT2D eigenvalue weighted by Gasteiger charge is 2.44. The van der Waals surface area contributed by atoms with Crippen LogP contribution in [0.4, 0.5) is 42.2 Å². The van der Waals surface area contributed by atoms with E-state index in [1.54, 1.807) is 4.90 Å². The number of hydrogen-bond acceptors (Lipinski definition) is 6. The van der Waals surface area contributed by atoms with Gasteiger partial charge >= 0.3 is 24.2 Å². The second-order valence-electron chi connectivity index (χ2n) is 10.6. The molecule has 3 heterocycles. The first-order valence-corrected chi connectivity index (χ1v) is 13.7. The van der Waals surface area contributed by atoms with E-state index in [4.69, 9.17) is 14.6 Å². The SMILES string of the molecule is Cc1c(CN(C(=O)C(F)(F)F)c2ccc3c(c2)OC[C@H]3CC(=O)O)ccc(C(F)(F)F)c1-c1cnc(N2CCOCC2)c(F)c1. The van der Waals surface area contributed by atoms with Crippen LogP contribution in [0, 0.1) is 12.7 Å². The molecule has 0 unspecified atom stereocenters. The fourth-order valence-electron chi connectivity index (χ4n) is 5.53. The number of morpholine rings is 1. The van der Waals surface area contributed by atoms with E-state index < -0.39 is 53.6 Å². The third kappa shape index (κ3) is 6.67. The second-order valence-corrected chi connectivity index (χ2v) is 10.6. The number of carbonyl (C=O) groups excluding carboxylic acids is 1. The Hall–Kier alpha value is -4.40. The third-order valence-corrected chi connectivity index (χ3v) is 7.73. The van der Waals surface area contributed by atoms with Crippen molar-refractivity contribution in [1.29, 1.82) is 0 Å². The van der Waals surface area contributed by atoms with Crippen LogP contribution < -0.4 is 14.5 Å². The number of nitrogens with zero attached hydrogens (tertiary/aromatic N) is 3. The maximum Gasteiger partial charge on any atom is 0.471 e. The lowest BCUT2D eigenvalue weighted by Gasteiger charge is -2.28. The molecule has 1 saturated heterocycles. The summed E-state index contributed by atoms with van der Waals surface area (Å²) in [6.07, 6.45) is -9.48. The molecule has 0 radical (unpaired) electrons. The summed E-state index contributed by atoms with van der Waals surface area (Å²) >= 11 is 0. The first-order valence-electron chi connectivity index (χ1n) is 13.7. The largest absolute Gasteiger partial charge is 0.493 e. The van der Waals surface area contributed by atoms with Crippen molar-refractivity contribution >= 4 is 23.4 Å². The molecule has 3 aromatic rings. The topological polar surface area (TPSA) is 92.2 Å². The monoisotopic (exact) mass is 641 g/mol. The molecule has 2 aliphatic heterocycles. The van der Waals surface area contributed by atoms with E-state index in [0.717, 1.165) is 24.4 Å². The van der Waals surface area contributed by atoms with Crippen LogP contribution in [0.15, 0.2) is 42.6 Å². The number of carbonyl (C=O) groups is 2. The van der Waals surface area contributed by atoms with Crippen molar-refractivity contribution in [1.82, 2.24) is 4.98 Å². The number of halogens is 7. The van der Waals surface area contributed by atoms with Gasteiger partial charge in [-0.2, -0.15) is 26.3 Å². The Labute approximate surface area is 252 Å². The average molecular weight is 642 g/mol. The molecule has 1 atom stereocenters. The van der Waals surface area contributed by atoms with E-state index in [2.05, 4.69) is 4.98 Å². The number of aliphatic carboxylic acids is 1. The normalized spacial score (nSPS) is 16.7. The van der Waals surface area contributed by atoms with Crippen LogP contribution in [0.3, 0.4) is 0 Å². The predicted octanol–water partition coefficient (Wildman–Crippen LogP) is 6.10. The summed E-state index contributed by atoms with van der Waals surface area (Å²) in [4.78, 5) is 29.8. The molecule has 1 fully saturated rings. The summed E-state index contributed by atoms with van der Waals surface area (Å²) in [5.41, 5.74) is -1.94. The van der Waals surface area contributed by atoms with Gasteiger partial charge in [0.25, 0.3) is 0 Å². The van der Waals surface area contributed by atoms with Crippen molar-refractivity contribution in [2.75, 3.05) is 42.7 Å². The van der Waals surface area contributed by atoms with Gasteiger partial charge in [-0.1, -0.05) is 12.1 Å². The zero-order valence-electron chi connectivity index (χ0n) is 23.6. The maximum absolute atomic E-state index is 15.2. The molecule has 240 valence electrons. The minimum Gasteiger partial charge on any atom is -0.493 e. The molecule has 5 rings (SSSR count). The minimum absolute atomic E-state index is 0.0331. The Morgan fingerprint density at radius 3 is 2.40 bits per heavy atom. The molecule has 1 aromatic heterocycles. The molecule has 0 spiro atoms. The summed E-state index contributed by atoms with van der Waals surface area (Å²) in [5.74, 6) is -4.82. The highest BCUT2D eigenvalue weighted by Crippen LogP contribution is 2.43. The molecule has 8 nitrogen and oxygen atoms in total. The Kier molecular flexibility index (Phi) is 8.66. The van der Waals surface area contributed by atoms with Gasteiger partial charge in [0.2, 0.25) is 0 Å². The van der Waals surface area contributed by atoms with E-state index in [0.29, 0.717) is 42.8 Å². The number of amides is 1. The molecule has 0 aliphatic carbocycles. The molecule has 1 N–H and O–H groups in total. The van der Waals surface area contributed by atoms with Gasteiger partial charge in [-0.3, -0.25) is 9.59 Å². The summed E-state index contributed by atoms with van der Waals surface area (Å²) in [6.45, 7) is 1.68. The van der Waals surface area contributed by atoms with Crippen molar-refractivity contribution in [3.63, 3.8) is 0 Å². The van der Waals surface area contributed by atoms with Gasteiger partial charge in [0.15, 0.2) is 11.6 Å². The van der Waals surface area contributed by atoms with E-state index >= 15 is 4.39 Å². The number of benzene rings is 2. The third-order valence-electron chi connectivity index (χ3n) is 7.73. The first kappa shape index (κ1) is 32.0. The van der Waals surface area contributed by atoms with E-state index in [-0.39, 0.29) is 47.0 Å². The van der Waals surface area contributed by atoms with Crippen LogP contribution in [0.5, 0.6) is 5.75 Å². The van der Waals surface area contributed by atoms with E-state index in [1.807, 2.05) is 0 Å². The van der Waals surface area contributed by atoms with Crippen LogP contribution >= 0.6 is 0 Å². The van der Waals surface area contributed by atoms with Gasteiger partial charge < -0.3 is 24.4 Å². The van der Waals surface area contributed by atoms with Crippen LogP contribution in [0.1, 0.15) is 34.6 Å². The summed E-state index contributed by atoms with van der Waals surface area (Å²) in [5, 5.41) is 9.12. The molecule has 45 heavy (non-hydrogen) atoms. The van der Waals surface area contributed by atoms with E-state index in [1.165, 1.54) is 19.1 Å². The van der Waals surface area contributed by atoms with Crippen LogP contribution in [-0.2, 0) is 27.0 Å². The molecule has 15 heteroatoms. The Balaban J connectivity index is 1.56. The quantitative estimate of drug-likeness (QED) is 0.312. The molecule has 0 saturated carbocycles. The lowest BCUT2D eigenvalue weighted by molar-refractivity contribution is -0.170. The lowest BCUT2D eigenvalue weighted by Crippen LogP contribution is -2.41. The zero-order valence-corrected chi connectivity index (χ0v) is 23.6. The zero-order chi connectivity index (χ0) is 32.7. The van der Waals surface area contributed by atoms with Crippen LogP contribution in [-0.4, -0.2) is 61.1 Å². The first-order chi connectivity index (χ1) is 21.1. The number of carboxylic acids is 1. The van der Waals surface area contributed by atoms with Crippen LogP contribution in [0.25, 0.3) is 11.1 Å². The number of hydrogen-bond donors (Lipinski definition) is 1. The van der Waals surface area contributed by atoms with E-state index in [9.17, 15) is 35.9 Å². The highest BCUT2D eigenvalue weighted by molar-refractivity contribution is 5.97. The number of rotatable bonds is 7. The fraction of sp³-hybridized carbons (Fsp3) is 0.367. The van der Waals surface area contributed by atoms with Crippen molar-refractivity contribution in [2.45, 2.75) is 38.2 Å². The Morgan fingerprint density at radius 1 is 1.07 bits per heavy atom. The Morgan fingerprint density at radius 2 is 1.78 bits per heavy atom. The number of carboxylic acid groups (broad SMARTS) is 1. The molecule has 1 amide bonds. The fourth-order valence-corrected chi connectivity index (χ4v) is 5.53. The van der Waals surface area contributed by atoms with Gasteiger partial charge in [-0.25, -0.2) is 9.37 Å². The predicted molar refractivity (Wildman–Crippen MR) is 147 cm³/mol. The number of fused-ring (bicyclic) bond motifs is 1. The number of aromatic nitrogens is 1. The summed E-state index contributed by atoms with van der Waals surface area (Å²) < 4.78 is 110. The summed E-state index contributed by atoms with van der Waals surface area (Å²) in [7, 11) is 0. The number of alkyl halides is 6.